The zero-order chi connectivity index (χ0) is 13.5. The van der Waals surface area contributed by atoms with Crippen molar-refractivity contribution in [1.29, 1.82) is 0 Å². The Morgan fingerprint density at radius 3 is 2.84 bits per heavy atom. The number of carbonyl (C=O) groups is 1. The first-order chi connectivity index (χ1) is 9.25. The van der Waals surface area contributed by atoms with Crippen LogP contribution in [0.25, 0.3) is 0 Å². The Balaban J connectivity index is 1.82. The molecule has 1 aromatic carbocycles. The van der Waals surface area contributed by atoms with E-state index in [4.69, 9.17) is 9.94 Å². The van der Waals surface area contributed by atoms with E-state index in [0.29, 0.717) is 12.3 Å². The number of nitrogens with one attached hydrogen (secondary N) is 2. The Morgan fingerprint density at radius 2 is 2.21 bits per heavy atom. The van der Waals surface area contributed by atoms with Crippen molar-refractivity contribution in [2.45, 2.75) is 19.1 Å². The number of carboxylic acid groups (broad SMARTS) is 1. The molecule has 6 heteroatoms. The molecule has 2 rings (SSSR count). The van der Waals surface area contributed by atoms with Crippen LogP contribution in [0, 0.1) is 0 Å². The highest BCUT2D eigenvalue weighted by Gasteiger charge is 2.18. The molecule has 1 aromatic heterocycles. The summed E-state index contributed by atoms with van der Waals surface area (Å²) >= 11 is 0. The molecule has 19 heavy (non-hydrogen) atoms. The number of carboxylic acids is 1. The molecule has 2 aromatic rings. The number of nitrogens with zero attached hydrogens (tertiary/aromatic N) is 1. The Labute approximate surface area is 110 Å². The molecule has 0 radical (unpaired) electrons. The summed E-state index contributed by atoms with van der Waals surface area (Å²) < 4.78 is 0. The maximum atomic E-state index is 11.1. The quantitative estimate of drug-likeness (QED) is 0.650. The van der Waals surface area contributed by atoms with Crippen molar-refractivity contribution in [3.63, 3.8) is 0 Å². The van der Waals surface area contributed by atoms with Gasteiger partial charge in [0.15, 0.2) is 0 Å². The molecule has 0 aliphatic rings. The minimum absolute atomic E-state index is 0.258. The van der Waals surface area contributed by atoms with Gasteiger partial charge in [0.1, 0.15) is 6.04 Å². The largest absolute Gasteiger partial charge is 0.480 e. The van der Waals surface area contributed by atoms with Crippen LogP contribution in [0.1, 0.15) is 11.3 Å². The van der Waals surface area contributed by atoms with E-state index >= 15 is 0 Å². The minimum atomic E-state index is -0.976. The highest BCUT2D eigenvalue weighted by molar-refractivity contribution is 5.73. The summed E-state index contributed by atoms with van der Waals surface area (Å²) in [6.07, 6.45) is 3.43. The van der Waals surface area contributed by atoms with Crippen LogP contribution >= 0.6 is 0 Å². The third kappa shape index (κ3) is 4.20. The first-order valence-corrected chi connectivity index (χ1v) is 5.87. The van der Waals surface area contributed by atoms with E-state index in [2.05, 4.69) is 15.4 Å². The Kier molecular flexibility index (Phi) is 4.66. The van der Waals surface area contributed by atoms with Gasteiger partial charge in [-0.15, -0.1) is 0 Å². The SMILES string of the molecule is O=C(O)C(Cc1c[nH]cn1)NOCc1ccccc1. The van der Waals surface area contributed by atoms with E-state index in [0.717, 1.165) is 5.56 Å². The van der Waals surface area contributed by atoms with Crippen LogP contribution < -0.4 is 5.48 Å². The number of aliphatic carboxylic acids is 1. The van der Waals surface area contributed by atoms with Crippen LogP contribution in [0.4, 0.5) is 0 Å². The van der Waals surface area contributed by atoms with Gasteiger partial charge in [0.25, 0.3) is 0 Å². The average molecular weight is 261 g/mol. The molecule has 100 valence electrons. The van der Waals surface area contributed by atoms with Crippen LogP contribution in [-0.4, -0.2) is 27.1 Å². The lowest BCUT2D eigenvalue weighted by Crippen LogP contribution is -2.38. The van der Waals surface area contributed by atoms with Crippen molar-refractivity contribution in [2.75, 3.05) is 0 Å². The van der Waals surface area contributed by atoms with E-state index in [-0.39, 0.29) is 6.42 Å². The molecule has 1 unspecified atom stereocenters. The van der Waals surface area contributed by atoms with Crippen molar-refractivity contribution in [1.82, 2.24) is 15.4 Å². The monoisotopic (exact) mass is 261 g/mol. The third-order valence-electron chi connectivity index (χ3n) is 2.57. The van der Waals surface area contributed by atoms with Gasteiger partial charge in [-0.1, -0.05) is 30.3 Å². The fourth-order valence-electron chi connectivity index (χ4n) is 1.59. The van der Waals surface area contributed by atoms with Crippen molar-refractivity contribution >= 4 is 5.97 Å². The molecule has 0 spiro atoms. The van der Waals surface area contributed by atoms with Gasteiger partial charge in [0, 0.05) is 12.6 Å². The summed E-state index contributed by atoms with van der Waals surface area (Å²) in [5.74, 6) is -0.976. The topological polar surface area (TPSA) is 87.2 Å². The van der Waals surface area contributed by atoms with Crippen molar-refractivity contribution < 1.29 is 14.7 Å². The fourth-order valence-corrected chi connectivity index (χ4v) is 1.59. The number of hydrogen-bond donors (Lipinski definition) is 3. The van der Waals surface area contributed by atoms with Crippen LogP contribution in [0.5, 0.6) is 0 Å². The summed E-state index contributed by atoms with van der Waals surface area (Å²) in [5, 5.41) is 9.09. The fraction of sp³-hybridized carbons (Fsp3) is 0.231. The molecule has 1 heterocycles. The van der Waals surface area contributed by atoms with Crippen molar-refractivity contribution in [3.8, 4) is 0 Å². The Hall–Kier alpha value is -2.18. The van der Waals surface area contributed by atoms with Gasteiger partial charge in [-0.3, -0.25) is 9.63 Å². The summed E-state index contributed by atoms with van der Waals surface area (Å²) in [4.78, 5) is 23.1. The maximum absolute atomic E-state index is 11.1. The van der Waals surface area contributed by atoms with E-state index < -0.39 is 12.0 Å². The molecule has 6 nitrogen and oxygen atoms in total. The first kappa shape index (κ1) is 13.3. The molecule has 0 fully saturated rings. The molecule has 0 aliphatic heterocycles. The lowest BCUT2D eigenvalue weighted by Gasteiger charge is -2.13. The van der Waals surface area contributed by atoms with Crippen molar-refractivity contribution in [3.05, 3.63) is 54.1 Å². The Morgan fingerprint density at radius 1 is 1.42 bits per heavy atom. The number of imidazole rings is 1. The predicted molar refractivity (Wildman–Crippen MR) is 68.1 cm³/mol. The number of aromatic nitrogens is 2. The van der Waals surface area contributed by atoms with Gasteiger partial charge in [0.2, 0.25) is 0 Å². The van der Waals surface area contributed by atoms with E-state index in [1.165, 1.54) is 6.33 Å². The lowest BCUT2D eigenvalue weighted by molar-refractivity contribution is -0.144. The lowest BCUT2D eigenvalue weighted by atomic mass is 10.2. The van der Waals surface area contributed by atoms with Gasteiger partial charge >= 0.3 is 5.97 Å². The summed E-state index contributed by atoms with van der Waals surface area (Å²) in [7, 11) is 0. The van der Waals surface area contributed by atoms with Crippen LogP contribution in [0.2, 0.25) is 0 Å². The van der Waals surface area contributed by atoms with Gasteiger partial charge in [-0.25, -0.2) is 4.98 Å². The molecule has 3 N–H and O–H groups in total. The number of hydroxylamine groups is 1. The molecule has 0 saturated heterocycles. The zero-order valence-electron chi connectivity index (χ0n) is 10.2. The van der Waals surface area contributed by atoms with E-state index in [1.807, 2.05) is 30.3 Å². The zero-order valence-corrected chi connectivity index (χ0v) is 10.2. The molecule has 0 aliphatic carbocycles. The summed E-state index contributed by atoms with van der Waals surface area (Å²) in [6.45, 7) is 0.311. The number of aromatic amines is 1. The van der Waals surface area contributed by atoms with Crippen molar-refractivity contribution in [2.24, 2.45) is 0 Å². The normalized spacial score (nSPS) is 12.2. The highest BCUT2D eigenvalue weighted by Crippen LogP contribution is 2.02. The average Bonchev–Trinajstić information content (AvgIpc) is 2.91. The second-order valence-corrected chi connectivity index (χ2v) is 4.05. The van der Waals surface area contributed by atoms with E-state index in [9.17, 15) is 4.79 Å². The third-order valence-corrected chi connectivity index (χ3v) is 2.57. The number of hydrogen-bond acceptors (Lipinski definition) is 4. The highest BCUT2D eigenvalue weighted by atomic mass is 16.6. The molecule has 1 atom stereocenters. The number of rotatable bonds is 7. The number of benzene rings is 1. The second kappa shape index (κ2) is 6.67. The number of H-pyrrole nitrogens is 1. The van der Waals surface area contributed by atoms with Gasteiger partial charge in [-0.05, 0) is 5.56 Å². The van der Waals surface area contributed by atoms with Crippen LogP contribution in [0.15, 0.2) is 42.9 Å². The van der Waals surface area contributed by atoms with Crippen LogP contribution in [-0.2, 0) is 22.7 Å². The minimum Gasteiger partial charge on any atom is -0.480 e. The summed E-state index contributed by atoms with van der Waals surface area (Å²) in [6, 6.07) is 8.70. The molecular formula is C13H15N3O3. The summed E-state index contributed by atoms with van der Waals surface area (Å²) in [5.41, 5.74) is 4.19. The Bertz CT molecular complexity index is 499. The maximum Gasteiger partial charge on any atom is 0.323 e. The molecular weight excluding hydrogens is 246 g/mol. The predicted octanol–water partition coefficient (Wildman–Crippen LogP) is 1.13. The molecule has 0 amide bonds. The smallest absolute Gasteiger partial charge is 0.323 e. The standard InChI is InChI=1S/C13H15N3O3/c17-13(18)12(6-11-7-14-9-15-11)16-19-8-10-4-2-1-3-5-10/h1-5,7,9,12,16H,6,8H2,(H,14,15)(H,17,18). The van der Waals surface area contributed by atoms with Gasteiger partial charge in [0.05, 0.1) is 18.6 Å². The molecule has 0 saturated carbocycles. The van der Waals surface area contributed by atoms with Gasteiger partial charge in [-0.2, -0.15) is 5.48 Å². The first-order valence-electron chi connectivity index (χ1n) is 5.87. The van der Waals surface area contributed by atoms with E-state index in [1.54, 1.807) is 6.20 Å². The van der Waals surface area contributed by atoms with Crippen LogP contribution in [0.3, 0.4) is 0 Å². The molecule has 0 bridgehead atoms. The second-order valence-electron chi connectivity index (χ2n) is 4.05. The van der Waals surface area contributed by atoms with Gasteiger partial charge < -0.3 is 10.1 Å².